The van der Waals surface area contributed by atoms with Crippen LogP contribution in [0, 0.1) is 0 Å². The quantitative estimate of drug-likeness (QED) is 0.858. The van der Waals surface area contributed by atoms with Gasteiger partial charge in [0.1, 0.15) is 5.75 Å². The summed E-state index contributed by atoms with van der Waals surface area (Å²) in [6.45, 7) is 2.28. The number of carbonyl (C=O) groups is 2. The summed E-state index contributed by atoms with van der Waals surface area (Å²) in [5, 5.41) is 2.91. The minimum Gasteiger partial charge on any atom is -0.497 e. The molecule has 0 bridgehead atoms. The lowest BCUT2D eigenvalue weighted by atomic mass is 10.1. The molecule has 0 unspecified atom stereocenters. The van der Waals surface area contributed by atoms with Crippen LogP contribution in [0.3, 0.4) is 0 Å². The zero-order valence-electron chi connectivity index (χ0n) is 16.9. The molecule has 2 aliphatic rings. The molecule has 7 heteroatoms. The number of anilines is 1. The average Bonchev–Trinajstić information content (AvgIpc) is 2.93. The van der Waals surface area contributed by atoms with E-state index in [1.807, 2.05) is 27.7 Å². The molecule has 2 aromatic rings. The smallest absolute Gasteiger partial charge is 0.289 e. The van der Waals surface area contributed by atoms with Gasteiger partial charge in [0.25, 0.3) is 11.8 Å². The fourth-order valence-corrected chi connectivity index (χ4v) is 4.19. The number of ether oxygens (including phenoxy) is 1. The Morgan fingerprint density at radius 2 is 1.79 bits per heavy atom. The Bertz CT molecular complexity index is 897. The summed E-state index contributed by atoms with van der Waals surface area (Å²) in [5.74, 6) is 0.762. The average molecular weight is 396 g/mol. The van der Waals surface area contributed by atoms with Gasteiger partial charge in [-0.1, -0.05) is 18.9 Å². The molecule has 1 N–H and O–H groups in total. The van der Waals surface area contributed by atoms with Crippen molar-refractivity contribution in [3.05, 3.63) is 41.5 Å². The van der Waals surface area contributed by atoms with E-state index in [1.54, 1.807) is 13.2 Å². The summed E-state index contributed by atoms with van der Waals surface area (Å²) in [6.07, 6.45) is 7.16. The first kappa shape index (κ1) is 19.5. The molecule has 3 heterocycles. The van der Waals surface area contributed by atoms with Gasteiger partial charge in [-0.05, 0) is 44.2 Å². The number of nitrogens with zero attached hydrogens (tertiary/aromatic N) is 3. The van der Waals surface area contributed by atoms with Crippen molar-refractivity contribution in [3.63, 3.8) is 0 Å². The van der Waals surface area contributed by atoms with Crippen LogP contribution in [0.25, 0.3) is 0 Å². The van der Waals surface area contributed by atoms with Crippen molar-refractivity contribution in [3.8, 4) is 5.75 Å². The second-order valence-electron chi connectivity index (χ2n) is 7.73. The molecule has 29 heavy (non-hydrogen) atoms. The molecule has 0 atom stereocenters. The topological polar surface area (TPSA) is 76.5 Å². The highest BCUT2D eigenvalue weighted by Crippen LogP contribution is 2.24. The first-order valence-corrected chi connectivity index (χ1v) is 10.5. The maximum atomic E-state index is 13.2. The van der Waals surface area contributed by atoms with Crippen LogP contribution in [-0.2, 0) is 13.0 Å². The molecule has 7 nitrogen and oxygen atoms in total. The number of methoxy groups -OCH3 is 1. The van der Waals surface area contributed by atoms with Gasteiger partial charge in [-0.15, -0.1) is 0 Å². The van der Waals surface area contributed by atoms with Crippen LogP contribution in [0.2, 0.25) is 0 Å². The van der Waals surface area contributed by atoms with Crippen molar-refractivity contribution in [2.24, 2.45) is 0 Å². The maximum absolute atomic E-state index is 13.2. The first-order valence-electron chi connectivity index (χ1n) is 10.5. The molecule has 1 aromatic carbocycles. The van der Waals surface area contributed by atoms with E-state index in [0.29, 0.717) is 23.0 Å². The van der Waals surface area contributed by atoms with E-state index in [-0.39, 0.29) is 11.8 Å². The summed E-state index contributed by atoms with van der Waals surface area (Å²) in [7, 11) is 1.59. The molecule has 4 rings (SSSR count). The summed E-state index contributed by atoms with van der Waals surface area (Å²) in [5.41, 5.74) is 1.88. The van der Waals surface area contributed by atoms with E-state index in [1.165, 1.54) is 0 Å². The summed E-state index contributed by atoms with van der Waals surface area (Å²) in [4.78, 5) is 32.7. The third kappa shape index (κ3) is 4.13. The zero-order valence-corrected chi connectivity index (χ0v) is 16.9. The SMILES string of the molecule is COc1cccc(NC(=O)c2nc(C(=O)N3CCCCCC3)n3c2CCCC3)c1. The van der Waals surface area contributed by atoms with Gasteiger partial charge in [-0.2, -0.15) is 0 Å². The second kappa shape index (κ2) is 8.68. The third-order valence-electron chi connectivity index (χ3n) is 5.75. The molecular weight excluding hydrogens is 368 g/mol. The number of nitrogens with one attached hydrogen (secondary N) is 1. The van der Waals surface area contributed by atoms with Gasteiger partial charge >= 0.3 is 0 Å². The Balaban J connectivity index is 1.61. The molecule has 1 aromatic heterocycles. The van der Waals surface area contributed by atoms with Crippen molar-refractivity contribution >= 4 is 17.5 Å². The Morgan fingerprint density at radius 1 is 1.03 bits per heavy atom. The van der Waals surface area contributed by atoms with Gasteiger partial charge in [0, 0.05) is 31.4 Å². The molecule has 1 saturated heterocycles. The molecular formula is C22H28N4O3. The number of hydrogen-bond donors (Lipinski definition) is 1. The Labute approximate surface area is 171 Å². The van der Waals surface area contributed by atoms with Gasteiger partial charge in [-0.3, -0.25) is 9.59 Å². The number of rotatable bonds is 4. The van der Waals surface area contributed by atoms with Gasteiger partial charge in [0.15, 0.2) is 11.5 Å². The minimum atomic E-state index is -0.279. The number of likely N-dealkylation sites (tertiary alicyclic amines) is 1. The van der Waals surface area contributed by atoms with Gasteiger partial charge in [0.2, 0.25) is 0 Å². The number of aromatic nitrogens is 2. The highest BCUT2D eigenvalue weighted by atomic mass is 16.5. The minimum absolute atomic E-state index is 0.0459. The third-order valence-corrected chi connectivity index (χ3v) is 5.75. The first-order chi connectivity index (χ1) is 14.2. The van der Waals surface area contributed by atoms with Crippen LogP contribution in [0.15, 0.2) is 24.3 Å². The predicted molar refractivity (Wildman–Crippen MR) is 110 cm³/mol. The summed E-state index contributed by atoms with van der Waals surface area (Å²) < 4.78 is 7.19. The monoisotopic (exact) mass is 396 g/mol. The fourth-order valence-electron chi connectivity index (χ4n) is 4.19. The number of imidazole rings is 1. The van der Waals surface area contributed by atoms with E-state index in [9.17, 15) is 9.59 Å². The highest BCUT2D eigenvalue weighted by Gasteiger charge is 2.30. The standard InChI is InChI=1S/C22H28N4O3/c1-29-17-10-8-9-16(15-17)23-21(27)19-18-11-4-7-14-26(18)20(24-19)22(28)25-12-5-2-3-6-13-25/h8-10,15H,2-7,11-14H2,1H3,(H,23,27). The Hall–Kier alpha value is -2.83. The molecule has 154 valence electrons. The van der Waals surface area contributed by atoms with E-state index < -0.39 is 0 Å². The molecule has 2 aliphatic heterocycles. The number of carbonyl (C=O) groups excluding carboxylic acids is 2. The van der Waals surface area contributed by atoms with E-state index >= 15 is 0 Å². The second-order valence-corrected chi connectivity index (χ2v) is 7.73. The molecule has 0 spiro atoms. The maximum Gasteiger partial charge on any atom is 0.289 e. The van der Waals surface area contributed by atoms with Crippen LogP contribution in [0.1, 0.15) is 65.3 Å². The van der Waals surface area contributed by atoms with Crippen LogP contribution in [0.5, 0.6) is 5.75 Å². The fraction of sp³-hybridized carbons (Fsp3) is 0.500. The largest absolute Gasteiger partial charge is 0.497 e. The number of amides is 2. The van der Waals surface area contributed by atoms with Gasteiger partial charge in [0.05, 0.1) is 12.8 Å². The number of fused-ring (bicyclic) bond motifs is 1. The lowest BCUT2D eigenvalue weighted by Gasteiger charge is -2.22. The normalized spacial score (nSPS) is 16.7. The Morgan fingerprint density at radius 3 is 2.55 bits per heavy atom. The van der Waals surface area contributed by atoms with Crippen LogP contribution < -0.4 is 10.1 Å². The van der Waals surface area contributed by atoms with E-state index in [2.05, 4.69) is 10.3 Å². The van der Waals surface area contributed by atoms with Crippen molar-refractivity contribution in [2.45, 2.75) is 51.5 Å². The summed E-state index contributed by atoms with van der Waals surface area (Å²) in [6, 6.07) is 7.23. The molecule has 0 saturated carbocycles. The highest BCUT2D eigenvalue weighted by molar-refractivity contribution is 6.05. The van der Waals surface area contributed by atoms with Crippen LogP contribution >= 0.6 is 0 Å². The molecule has 0 radical (unpaired) electrons. The number of hydrogen-bond acceptors (Lipinski definition) is 4. The Kier molecular flexibility index (Phi) is 5.83. The van der Waals surface area contributed by atoms with Gasteiger partial charge in [-0.25, -0.2) is 4.98 Å². The van der Waals surface area contributed by atoms with Crippen LogP contribution in [-0.4, -0.2) is 46.5 Å². The van der Waals surface area contributed by atoms with Gasteiger partial charge < -0.3 is 19.5 Å². The van der Waals surface area contributed by atoms with Crippen molar-refractivity contribution in [1.29, 1.82) is 0 Å². The van der Waals surface area contributed by atoms with E-state index in [0.717, 1.165) is 70.3 Å². The molecule has 0 aliphatic carbocycles. The van der Waals surface area contributed by atoms with Crippen molar-refractivity contribution in [2.75, 3.05) is 25.5 Å². The van der Waals surface area contributed by atoms with Crippen LogP contribution in [0.4, 0.5) is 5.69 Å². The van der Waals surface area contributed by atoms with Crippen molar-refractivity contribution in [1.82, 2.24) is 14.5 Å². The zero-order chi connectivity index (χ0) is 20.2. The van der Waals surface area contributed by atoms with Crippen molar-refractivity contribution < 1.29 is 14.3 Å². The lowest BCUT2D eigenvalue weighted by Crippen LogP contribution is -2.34. The number of benzene rings is 1. The lowest BCUT2D eigenvalue weighted by molar-refractivity contribution is 0.0743. The molecule has 1 fully saturated rings. The molecule has 2 amide bonds. The van der Waals surface area contributed by atoms with E-state index in [4.69, 9.17) is 4.74 Å². The predicted octanol–water partition coefficient (Wildman–Crippen LogP) is 3.50. The summed E-state index contributed by atoms with van der Waals surface area (Å²) >= 11 is 0.